The maximum absolute atomic E-state index is 12.3. The Morgan fingerprint density at radius 3 is 2.48 bits per heavy atom. The Bertz CT molecular complexity index is 760. The summed E-state index contributed by atoms with van der Waals surface area (Å²) in [6.45, 7) is 0.892. The van der Waals surface area contributed by atoms with Crippen molar-refractivity contribution in [1.82, 2.24) is 5.32 Å². The average molecular weight is 377 g/mol. The van der Waals surface area contributed by atoms with Gasteiger partial charge in [0.25, 0.3) is 0 Å². The Kier molecular flexibility index (Phi) is 5.61. The summed E-state index contributed by atoms with van der Waals surface area (Å²) in [5, 5.41) is 3.85. The van der Waals surface area contributed by atoms with Gasteiger partial charge in [0.05, 0.1) is 5.92 Å². The van der Waals surface area contributed by atoms with Gasteiger partial charge in [-0.15, -0.1) is 0 Å². The third-order valence-corrected chi connectivity index (χ3v) is 4.65. The Morgan fingerprint density at radius 1 is 1.12 bits per heavy atom. The van der Waals surface area contributed by atoms with Crippen LogP contribution in [0.4, 0.5) is 5.69 Å². The number of halogens is 2. The molecule has 0 radical (unpaired) electrons. The van der Waals surface area contributed by atoms with E-state index in [9.17, 15) is 9.59 Å². The highest BCUT2D eigenvalue weighted by atomic mass is 35.5. The second kappa shape index (κ2) is 7.89. The number of anilines is 1. The van der Waals surface area contributed by atoms with Gasteiger partial charge < -0.3 is 10.2 Å². The summed E-state index contributed by atoms with van der Waals surface area (Å²) >= 11 is 12.0. The molecule has 2 amide bonds. The summed E-state index contributed by atoms with van der Waals surface area (Å²) in [4.78, 5) is 26.2. The molecule has 6 heteroatoms. The van der Waals surface area contributed by atoms with Crippen LogP contribution in [0.25, 0.3) is 0 Å². The van der Waals surface area contributed by atoms with Crippen LogP contribution in [0.3, 0.4) is 0 Å². The van der Waals surface area contributed by atoms with Crippen LogP contribution in [0.5, 0.6) is 0 Å². The lowest BCUT2D eigenvalue weighted by atomic mass is 10.1. The molecule has 1 unspecified atom stereocenters. The average Bonchev–Trinajstić information content (AvgIpc) is 2.97. The van der Waals surface area contributed by atoms with E-state index >= 15 is 0 Å². The smallest absolute Gasteiger partial charge is 0.227 e. The lowest BCUT2D eigenvalue weighted by Crippen LogP contribution is -2.34. The molecular weight excluding hydrogens is 359 g/mol. The zero-order chi connectivity index (χ0) is 17.8. The van der Waals surface area contributed by atoms with Crippen molar-refractivity contribution < 1.29 is 9.59 Å². The first kappa shape index (κ1) is 17.8. The minimum Gasteiger partial charge on any atom is -0.355 e. The lowest BCUT2D eigenvalue weighted by molar-refractivity contribution is -0.126. The number of benzene rings is 2. The van der Waals surface area contributed by atoms with E-state index < -0.39 is 0 Å². The largest absolute Gasteiger partial charge is 0.355 e. The molecule has 1 aliphatic heterocycles. The van der Waals surface area contributed by atoms with Gasteiger partial charge in [-0.05, 0) is 30.2 Å². The number of hydrogen-bond acceptors (Lipinski definition) is 2. The summed E-state index contributed by atoms with van der Waals surface area (Å²) in [6.07, 6.45) is 0.960. The molecule has 3 rings (SSSR count). The van der Waals surface area contributed by atoms with Crippen molar-refractivity contribution in [2.24, 2.45) is 5.92 Å². The molecule has 130 valence electrons. The SMILES string of the molecule is O=C(NCCc1ccccc1)C1CC(=O)N(c2cc(Cl)cc(Cl)c2)C1. The lowest BCUT2D eigenvalue weighted by Gasteiger charge is -2.17. The number of hydrogen-bond donors (Lipinski definition) is 1. The standard InChI is InChI=1S/C19H18Cl2N2O2/c20-15-9-16(21)11-17(10-15)23-12-14(8-18(23)24)19(25)22-7-6-13-4-2-1-3-5-13/h1-5,9-11,14H,6-8,12H2,(H,22,25). The van der Waals surface area contributed by atoms with Crippen LogP contribution in [0.2, 0.25) is 10.0 Å². The van der Waals surface area contributed by atoms with Crippen molar-refractivity contribution in [3.05, 3.63) is 64.1 Å². The number of carbonyl (C=O) groups excluding carboxylic acids is 2. The monoisotopic (exact) mass is 376 g/mol. The van der Waals surface area contributed by atoms with Gasteiger partial charge in [-0.25, -0.2) is 0 Å². The van der Waals surface area contributed by atoms with E-state index in [1.54, 1.807) is 23.1 Å². The molecule has 1 fully saturated rings. The minimum absolute atomic E-state index is 0.0958. The fourth-order valence-electron chi connectivity index (χ4n) is 2.95. The summed E-state index contributed by atoms with van der Waals surface area (Å²) in [6, 6.07) is 14.9. The number of amides is 2. The highest BCUT2D eigenvalue weighted by Gasteiger charge is 2.35. The van der Waals surface area contributed by atoms with Crippen molar-refractivity contribution in [1.29, 1.82) is 0 Å². The molecule has 2 aromatic carbocycles. The van der Waals surface area contributed by atoms with Crippen molar-refractivity contribution in [3.8, 4) is 0 Å². The van der Waals surface area contributed by atoms with Crippen molar-refractivity contribution >= 4 is 40.7 Å². The molecule has 1 heterocycles. The van der Waals surface area contributed by atoms with E-state index in [4.69, 9.17) is 23.2 Å². The summed E-state index contributed by atoms with van der Waals surface area (Å²) in [5.41, 5.74) is 1.79. The van der Waals surface area contributed by atoms with Gasteiger partial charge in [-0.1, -0.05) is 53.5 Å². The Morgan fingerprint density at radius 2 is 1.80 bits per heavy atom. The maximum Gasteiger partial charge on any atom is 0.227 e. The van der Waals surface area contributed by atoms with E-state index in [0.29, 0.717) is 28.8 Å². The maximum atomic E-state index is 12.3. The molecule has 0 aromatic heterocycles. The van der Waals surface area contributed by atoms with Crippen molar-refractivity contribution in [2.45, 2.75) is 12.8 Å². The molecule has 0 bridgehead atoms. The molecule has 1 aliphatic rings. The second-order valence-electron chi connectivity index (χ2n) is 6.06. The van der Waals surface area contributed by atoms with Gasteiger partial charge in [-0.3, -0.25) is 9.59 Å². The molecule has 0 saturated carbocycles. The number of nitrogens with one attached hydrogen (secondary N) is 1. The van der Waals surface area contributed by atoms with Gasteiger partial charge >= 0.3 is 0 Å². The van der Waals surface area contributed by atoms with Crippen molar-refractivity contribution in [2.75, 3.05) is 18.0 Å². The molecule has 1 saturated heterocycles. The number of carbonyl (C=O) groups is 2. The number of nitrogens with zero attached hydrogens (tertiary/aromatic N) is 1. The predicted molar refractivity (Wildman–Crippen MR) is 100 cm³/mol. The zero-order valence-electron chi connectivity index (χ0n) is 13.5. The first-order chi connectivity index (χ1) is 12.0. The van der Waals surface area contributed by atoms with Gasteiger partial charge in [0, 0.05) is 35.2 Å². The Hall–Kier alpha value is -2.04. The fourth-order valence-corrected chi connectivity index (χ4v) is 3.46. The van der Waals surface area contributed by atoms with Gasteiger partial charge in [0.1, 0.15) is 0 Å². The van der Waals surface area contributed by atoms with E-state index in [2.05, 4.69) is 5.32 Å². The van der Waals surface area contributed by atoms with Gasteiger partial charge in [0.15, 0.2) is 0 Å². The second-order valence-corrected chi connectivity index (χ2v) is 6.93. The third kappa shape index (κ3) is 4.53. The Balaban J connectivity index is 1.57. The topological polar surface area (TPSA) is 49.4 Å². The number of rotatable bonds is 5. The summed E-state index contributed by atoms with van der Waals surface area (Å²) < 4.78 is 0. The van der Waals surface area contributed by atoms with Crippen LogP contribution in [0.1, 0.15) is 12.0 Å². The molecule has 0 aliphatic carbocycles. The molecule has 4 nitrogen and oxygen atoms in total. The molecule has 0 spiro atoms. The zero-order valence-corrected chi connectivity index (χ0v) is 15.1. The first-order valence-corrected chi connectivity index (χ1v) is 8.86. The van der Waals surface area contributed by atoms with Crippen LogP contribution in [0, 0.1) is 5.92 Å². The third-order valence-electron chi connectivity index (χ3n) is 4.21. The van der Waals surface area contributed by atoms with Crippen LogP contribution in [0.15, 0.2) is 48.5 Å². The quantitative estimate of drug-likeness (QED) is 0.864. The molecule has 25 heavy (non-hydrogen) atoms. The van der Waals surface area contributed by atoms with Crippen molar-refractivity contribution in [3.63, 3.8) is 0 Å². The van der Waals surface area contributed by atoms with Crippen LogP contribution < -0.4 is 10.2 Å². The van der Waals surface area contributed by atoms with Crippen LogP contribution >= 0.6 is 23.2 Å². The van der Waals surface area contributed by atoms with E-state index in [-0.39, 0.29) is 24.2 Å². The van der Waals surface area contributed by atoms with E-state index in [1.807, 2.05) is 30.3 Å². The highest BCUT2D eigenvalue weighted by molar-refractivity contribution is 6.35. The summed E-state index contributed by atoms with van der Waals surface area (Å²) in [7, 11) is 0. The molecule has 1 atom stereocenters. The predicted octanol–water partition coefficient (Wildman–Crippen LogP) is 3.71. The van der Waals surface area contributed by atoms with Gasteiger partial charge in [0.2, 0.25) is 11.8 Å². The highest BCUT2D eigenvalue weighted by Crippen LogP contribution is 2.30. The van der Waals surface area contributed by atoms with E-state index in [0.717, 1.165) is 6.42 Å². The first-order valence-electron chi connectivity index (χ1n) is 8.11. The Labute approximate surface area is 156 Å². The van der Waals surface area contributed by atoms with Crippen LogP contribution in [-0.2, 0) is 16.0 Å². The van der Waals surface area contributed by atoms with E-state index in [1.165, 1.54) is 5.56 Å². The normalized spacial score (nSPS) is 17.0. The minimum atomic E-state index is -0.360. The van der Waals surface area contributed by atoms with Crippen LogP contribution in [-0.4, -0.2) is 24.9 Å². The van der Waals surface area contributed by atoms with Gasteiger partial charge in [-0.2, -0.15) is 0 Å². The summed E-state index contributed by atoms with van der Waals surface area (Å²) in [5.74, 6) is -0.553. The fraction of sp³-hybridized carbons (Fsp3) is 0.263. The molecule has 1 N–H and O–H groups in total. The molecule has 2 aromatic rings. The molecular formula is C19H18Cl2N2O2.